The molecular weight excluding hydrogens is 500 g/mol. The smallest absolute Gasteiger partial charge is 0.449 e. The van der Waals surface area contributed by atoms with Crippen molar-refractivity contribution in [3.05, 3.63) is 108 Å². The van der Waals surface area contributed by atoms with Gasteiger partial charge in [0, 0.05) is 36.5 Å². The summed E-state index contributed by atoms with van der Waals surface area (Å²) in [6.45, 7) is 4.95. The number of hydrogen-bond donors (Lipinski definition) is 1. The second kappa shape index (κ2) is 10.7. The largest absolute Gasteiger partial charge is 0.511 e. The van der Waals surface area contributed by atoms with E-state index in [1.807, 2.05) is 30.3 Å². The Labute approximate surface area is 232 Å². The highest BCUT2D eigenvalue weighted by atomic mass is 16.7. The van der Waals surface area contributed by atoms with Crippen LogP contribution in [0.4, 0.5) is 4.79 Å². The molecule has 40 heavy (non-hydrogen) atoms. The number of para-hydroxylation sites is 1. The van der Waals surface area contributed by atoms with Crippen molar-refractivity contribution in [3.63, 3.8) is 0 Å². The topological polar surface area (TPSA) is 81.7 Å². The Balaban J connectivity index is 1.36. The molecule has 0 aliphatic rings. The third kappa shape index (κ3) is 5.06. The number of carbonyl (C=O) groups is 1. The lowest BCUT2D eigenvalue weighted by atomic mass is 10.0. The van der Waals surface area contributed by atoms with Gasteiger partial charge in [-0.1, -0.05) is 67.9 Å². The third-order valence-electron chi connectivity index (χ3n) is 7.17. The van der Waals surface area contributed by atoms with Crippen LogP contribution < -0.4 is 4.74 Å². The van der Waals surface area contributed by atoms with Crippen LogP contribution in [0.25, 0.3) is 39.1 Å². The maximum Gasteiger partial charge on any atom is 0.511 e. The number of carboxylic acid groups (broad SMARTS) is 1. The molecule has 7 nitrogen and oxygen atoms in total. The fourth-order valence-electron chi connectivity index (χ4n) is 5.14. The van der Waals surface area contributed by atoms with Crippen molar-refractivity contribution in [1.82, 2.24) is 18.9 Å². The minimum Gasteiger partial charge on any atom is -0.449 e. The van der Waals surface area contributed by atoms with E-state index >= 15 is 0 Å². The Morgan fingerprint density at radius 1 is 0.925 bits per heavy atom. The van der Waals surface area contributed by atoms with Crippen molar-refractivity contribution in [2.45, 2.75) is 39.7 Å². The van der Waals surface area contributed by atoms with E-state index in [1.165, 1.54) is 5.56 Å². The molecule has 0 aliphatic heterocycles. The van der Waals surface area contributed by atoms with Gasteiger partial charge in [-0.05, 0) is 54.3 Å². The van der Waals surface area contributed by atoms with Gasteiger partial charge in [0.05, 0.1) is 16.7 Å². The lowest BCUT2D eigenvalue weighted by Crippen LogP contribution is -2.06. The van der Waals surface area contributed by atoms with Crippen LogP contribution in [0.3, 0.4) is 0 Å². The molecule has 0 atom stereocenters. The molecule has 3 aromatic carbocycles. The molecule has 0 bridgehead atoms. The summed E-state index contributed by atoms with van der Waals surface area (Å²) in [6.07, 6.45) is 5.92. The number of aromatic nitrogens is 4. The summed E-state index contributed by atoms with van der Waals surface area (Å²) in [4.78, 5) is 21.0. The van der Waals surface area contributed by atoms with Gasteiger partial charge in [0.25, 0.3) is 0 Å². The van der Waals surface area contributed by atoms with Crippen molar-refractivity contribution in [2.24, 2.45) is 0 Å². The monoisotopic (exact) mass is 530 g/mol. The number of nitrogens with zero attached hydrogens (tertiary/aromatic N) is 4. The average Bonchev–Trinajstić information content (AvgIpc) is 3.53. The SMILES string of the molecule is CCCCc1nc2ccc(-c3cn4cc(C)ccc4n3)cc2n1Cc1ccc(-c2ccccc2OC(=O)O)cc1. The first-order valence-electron chi connectivity index (χ1n) is 13.5. The first kappa shape index (κ1) is 25.4. The fourth-order valence-corrected chi connectivity index (χ4v) is 5.14. The predicted molar refractivity (Wildman–Crippen MR) is 157 cm³/mol. The predicted octanol–water partition coefficient (Wildman–Crippen LogP) is 7.77. The maximum atomic E-state index is 11.1. The van der Waals surface area contributed by atoms with E-state index in [0.29, 0.717) is 12.3 Å². The van der Waals surface area contributed by atoms with Gasteiger partial charge < -0.3 is 18.8 Å². The van der Waals surface area contributed by atoms with Crippen LogP contribution in [0.2, 0.25) is 0 Å². The van der Waals surface area contributed by atoms with E-state index in [1.54, 1.807) is 12.1 Å². The maximum absolute atomic E-state index is 11.1. The standard InChI is InChI=1S/C33H30N4O3/c1-3-4-9-32-34-27-16-15-25(28-21-36-19-22(2)10-17-31(36)35-28)18-29(27)37(32)20-23-11-13-24(14-12-23)26-7-5-6-8-30(26)40-33(38)39/h5-8,10-19,21H,3-4,9,20H2,1-2H3,(H,38,39). The van der Waals surface area contributed by atoms with Gasteiger partial charge >= 0.3 is 6.16 Å². The van der Waals surface area contributed by atoms with Gasteiger partial charge in [0.15, 0.2) is 0 Å². The summed E-state index contributed by atoms with van der Waals surface area (Å²) < 4.78 is 9.37. The van der Waals surface area contributed by atoms with Crippen molar-refractivity contribution >= 4 is 22.8 Å². The molecule has 200 valence electrons. The van der Waals surface area contributed by atoms with Crippen LogP contribution in [-0.2, 0) is 13.0 Å². The minimum absolute atomic E-state index is 0.319. The second-order valence-electron chi connectivity index (χ2n) is 10.1. The van der Waals surface area contributed by atoms with Crippen LogP contribution in [0.15, 0.2) is 91.3 Å². The lowest BCUT2D eigenvalue weighted by molar-refractivity contribution is 0.144. The number of pyridine rings is 1. The number of aryl methyl sites for hydroxylation is 2. The fraction of sp³-hybridized carbons (Fsp3) is 0.182. The van der Waals surface area contributed by atoms with Crippen LogP contribution >= 0.6 is 0 Å². The highest BCUT2D eigenvalue weighted by Gasteiger charge is 2.15. The van der Waals surface area contributed by atoms with Gasteiger partial charge in [-0.3, -0.25) is 0 Å². The molecule has 0 saturated carbocycles. The molecule has 7 heteroatoms. The van der Waals surface area contributed by atoms with E-state index in [9.17, 15) is 4.79 Å². The van der Waals surface area contributed by atoms with E-state index in [2.05, 4.69) is 71.6 Å². The molecule has 0 aliphatic carbocycles. The molecular formula is C33H30N4O3. The zero-order valence-corrected chi connectivity index (χ0v) is 22.5. The number of imidazole rings is 2. The Kier molecular flexibility index (Phi) is 6.78. The number of unbranched alkanes of at least 4 members (excludes halogenated alkanes) is 1. The van der Waals surface area contributed by atoms with Crippen LogP contribution in [-0.4, -0.2) is 30.2 Å². The quantitative estimate of drug-likeness (QED) is 0.161. The van der Waals surface area contributed by atoms with E-state index in [4.69, 9.17) is 19.8 Å². The minimum atomic E-state index is -1.33. The molecule has 0 amide bonds. The summed E-state index contributed by atoms with van der Waals surface area (Å²) >= 11 is 0. The van der Waals surface area contributed by atoms with Gasteiger partial charge in [-0.25, -0.2) is 14.8 Å². The molecule has 1 N–H and O–H groups in total. The van der Waals surface area contributed by atoms with Gasteiger partial charge in [0.1, 0.15) is 17.2 Å². The zero-order chi connectivity index (χ0) is 27.6. The Morgan fingerprint density at radius 3 is 2.52 bits per heavy atom. The Morgan fingerprint density at radius 2 is 1.73 bits per heavy atom. The summed E-state index contributed by atoms with van der Waals surface area (Å²) in [6, 6.07) is 25.8. The second-order valence-corrected chi connectivity index (χ2v) is 10.1. The normalized spacial score (nSPS) is 11.3. The van der Waals surface area contributed by atoms with E-state index < -0.39 is 6.16 Å². The van der Waals surface area contributed by atoms with Crippen molar-refractivity contribution < 1.29 is 14.6 Å². The molecule has 0 radical (unpaired) electrons. The van der Waals surface area contributed by atoms with Crippen molar-refractivity contribution in [2.75, 3.05) is 0 Å². The molecule has 3 heterocycles. The molecule has 0 saturated heterocycles. The van der Waals surface area contributed by atoms with Gasteiger partial charge in [0.2, 0.25) is 0 Å². The molecule has 3 aromatic heterocycles. The lowest BCUT2D eigenvalue weighted by Gasteiger charge is -2.12. The molecule has 0 unspecified atom stereocenters. The number of benzene rings is 3. The number of ether oxygens (including phenoxy) is 1. The first-order chi connectivity index (χ1) is 19.5. The highest BCUT2D eigenvalue weighted by molar-refractivity contribution is 5.82. The third-order valence-corrected chi connectivity index (χ3v) is 7.17. The van der Waals surface area contributed by atoms with E-state index in [0.717, 1.165) is 69.7 Å². The van der Waals surface area contributed by atoms with Crippen molar-refractivity contribution in [3.8, 4) is 28.1 Å². The van der Waals surface area contributed by atoms with Crippen LogP contribution in [0.5, 0.6) is 5.75 Å². The molecule has 6 rings (SSSR count). The zero-order valence-electron chi connectivity index (χ0n) is 22.5. The van der Waals surface area contributed by atoms with Crippen LogP contribution in [0, 0.1) is 6.92 Å². The number of rotatable bonds is 8. The van der Waals surface area contributed by atoms with Crippen LogP contribution in [0.1, 0.15) is 36.7 Å². The summed E-state index contributed by atoms with van der Waals surface area (Å²) in [5, 5.41) is 9.10. The molecule has 0 spiro atoms. The average molecular weight is 531 g/mol. The first-order valence-corrected chi connectivity index (χ1v) is 13.5. The highest BCUT2D eigenvalue weighted by Crippen LogP contribution is 2.31. The summed E-state index contributed by atoms with van der Waals surface area (Å²) in [5.41, 5.74) is 8.93. The molecule has 6 aromatic rings. The van der Waals surface area contributed by atoms with E-state index in [-0.39, 0.29) is 0 Å². The van der Waals surface area contributed by atoms with Gasteiger partial charge in [-0.15, -0.1) is 0 Å². The summed E-state index contributed by atoms with van der Waals surface area (Å²) in [5.74, 6) is 1.39. The van der Waals surface area contributed by atoms with Gasteiger partial charge in [-0.2, -0.15) is 0 Å². The summed E-state index contributed by atoms with van der Waals surface area (Å²) in [7, 11) is 0. The number of hydrogen-bond acceptors (Lipinski definition) is 4. The Hall–Kier alpha value is -4.91. The number of fused-ring (bicyclic) bond motifs is 2. The Bertz CT molecular complexity index is 1830. The molecule has 0 fully saturated rings. The van der Waals surface area contributed by atoms with Crippen molar-refractivity contribution in [1.29, 1.82) is 0 Å².